The van der Waals surface area contributed by atoms with Crippen LogP contribution in [0.1, 0.15) is 12.5 Å². The van der Waals surface area contributed by atoms with E-state index in [0.717, 1.165) is 38.5 Å². The Morgan fingerprint density at radius 3 is 2.65 bits per heavy atom. The molecule has 4 nitrogen and oxygen atoms in total. The van der Waals surface area contributed by atoms with Crippen molar-refractivity contribution in [1.29, 1.82) is 0 Å². The van der Waals surface area contributed by atoms with Crippen molar-refractivity contribution < 1.29 is 0 Å². The summed E-state index contributed by atoms with van der Waals surface area (Å²) in [6.07, 6.45) is 1.89. The summed E-state index contributed by atoms with van der Waals surface area (Å²) < 4.78 is 0. The van der Waals surface area contributed by atoms with Gasteiger partial charge in [-0.2, -0.15) is 0 Å². The van der Waals surface area contributed by atoms with Crippen LogP contribution in [0, 0.1) is 6.92 Å². The number of pyridine rings is 1. The molecule has 1 atom stereocenters. The third-order valence-corrected chi connectivity index (χ3v) is 3.50. The number of anilines is 1. The molecular formula is C13H22N4. The highest BCUT2D eigenvalue weighted by atomic mass is 15.3. The molecule has 1 aliphatic rings. The molecule has 0 aromatic carbocycles. The number of piperazine rings is 1. The lowest BCUT2D eigenvalue weighted by molar-refractivity contribution is 0.201. The van der Waals surface area contributed by atoms with E-state index >= 15 is 0 Å². The Kier molecular flexibility index (Phi) is 3.97. The molecule has 2 N–H and O–H groups in total. The highest BCUT2D eigenvalue weighted by Gasteiger charge is 2.20. The van der Waals surface area contributed by atoms with E-state index in [4.69, 9.17) is 5.73 Å². The summed E-state index contributed by atoms with van der Waals surface area (Å²) in [5, 5.41) is 0. The first kappa shape index (κ1) is 12.3. The molecule has 0 amide bonds. The Labute approximate surface area is 103 Å². The molecule has 2 rings (SSSR count). The van der Waals surface area contributed by atoms with Crippen LogP contribution >= 0.6 is 0 Å². The van der Waals surface area contributed by atoms with Crippen molar-refractivity contribution in [2.45, 2.75) is 19.9 Å². The average Bonchev–Trinajstić information content (AvgIpc) is 2.38. The van der Waals surface area contributed by atoms with Crippen LogP contribution in [0.25, 0.3) is 0 Å². The Balaban J connectivity index is 1.95. The van der Waals surface area contributed by atoms with Crippen LogP contribution < -0.4 is 10.6 Å². The molecule has 0 radical (unpaired) electrons. The third kappa shape index (κ3) is 2.96. The van der Waals surface area contributed by atoms with Gasteiger partial charge in [0.15, 0.2) is 0 Å². The van der Waals surface area contributed by atoms with Crippen LogP contribution in [-0.2, 0) is 0 Å². The van der Waals surface area contributed by atoms with Gasteiger partial charge >= 0.3 is 0 Å². The zero-order valence-electron chi connectivity index (χ0n) is 10.8. The normalized spacial score (nSPS) is 19.4. The molecule has 1 fully saturated rings. The zero-order valence-corrected chi connectivity index (χ0v) is 10.8. The first-order valence-electron chi connectivity index (χ1n) is 6.32. The fourth-order valence-corrected chi connectivity index (χ4v) is 2.23. The predicted octanol–water partition coefficient (Wildman–Crippen LogP) is 0.859. The van der Waals surface area contributed by atoms with Gasteiger partial charge in [-0.1, -0.05) is 0 Å². The molecule has 1 unspecified atom stereocenters. The largest absolute Gasteiger partial charge is 0.354 e. The monoisotopic (exact) mass is 234 g/mol. The Morgan fingerprint density at radius 1 is 1.35 bits per heavy atom. The Bertz CT molecular complexity index is 358. The summed E-state index contributed by atoms with van der Waals surface area (Å²) in [6, 6.07) is 4.68. The maximum Gasteiger partial charge on any atom is 0.128 e. The number of aromatic nitrogens is 1. The minimum absolute atomic E-state index is 0.489. The Hall–Kier alpha value is -1.13. The molecule has 2 heterocycles. The first-order valence-corrected chi connectivity index (χ1v) is 6.32. The number of nitrogens with two attached hydrogens (primary N) is 1. The number of hydrogen-bond acceptors (Lipinski definition) is 4. The number of rotatable bonds is 3. The second kappa shape index (κ2) is 5.47. The van der Waals surface area contributed by atoms with Crippen LogP contribution in [0.5, 0.6) is 0 Å². The molecule has 1 aromatic rings. The topological polar surface area (TPSA) is 45.4 Å². The molecular weight excluding hydrogens is 212 g/mol. The summed E-state index contributed by atoms with van der Waals surface area (Å²) in [5.74, 6) is 1.10. The van der Waals surface area contributed by atoms with Gasteiger partial charge in [-0.25, -0.2) is 4.98 Å². The van der Waals surface area contributed by atoms with Gasteiger partial charge in [0.05, 0.1) is 0 Å². The fraction of sp³-hybridized carbons (Fsp3) is 0.615. The van der Waals surface area contributed by atoms with Crippen LogP contribution in [0.3, 0.4) is 0 Å². The lowest BCUT2D eigenvalue weighted by Crippen LogP contribution is -2.51. The van der Waals surface area contributed by atoms with Crippen LogP contribution in [0.15, 0.2) is 18.3 Å². The van der Waals surface area contributed by atoms with Crippen LogP contribution in [0.4, 0.5) is 5.82 Å². The zero-order chi connectivity index (χ0) is 12.3. The summed E-state index contributed by atoms with van der Waals surface area (Å²) >= 11 is 0. The van der Waals surface area contributed by atoms with Crippen molar-refractivity contribution in [3.05, 3.63) is 23.9 Å². The van der Waals surface area contributed by atoms with E-state index < -0.39 is 0 Å². The quantitative estimate of drug-likeness (QED) is 0.842. The minimum atomic E-state index is 0.489. The number of hydrogen-bond donors (Lipinski definition) is 1. The molecule has 1 saturated heterocycles. The van der Waals surface area contributed by atoms with Gasteiger partial charge in [0.1, 0.15) is 5.82 Å². The van der Waals surface area contributed by atoms with Crippen molar-refractivity contribution >= 4 is 5.82 Å². The lowest BCUT2D eigenvalue weighted by atomic mass is 10.2. The average molecular weight is 234 g/mol. The van der Waals surface area contributed by atoms with Crippen molar-refractivity contribution in [1.82, 2.24) is 9.88 Å². The van der Waals surface area contributed by atoms with Crippen molar-refractivity contribution in [3.63, 3.8) is 0 Å². The fourth-order valence-electron chi connectivity index (χ4n) is 2.23. The van der Waals surface area contributed by atoms with Gasteiger partial charge in [-0.15, -0.1) is 0 Å². The van der Waals surface area contributed by atoms with Crippen molar-refractivity contribution in [2.24, 2.45) is 5.73 Å². The molecule has 0 spiro atoms. The SMILES string of the molecule is Cc1ccnc(N2CCN(C(C)CN)CC2)c1. The highest BCUT2D eigenvalue weighted by Crippen LogP contribution is 2.15. The molecule has 0 bridgehead atoms. The van der Waals surface area contributed by atoms with Crippen LogP contribution in [-0.4, -0.2) is 48.6 Å². The van der Waals surface area contributed by atoms with E-state index in [-0.39, 0.29) is 0 Å². The van der Waals surface area contributed by atoms with Gasteiger partial charge in [-0.05, 0) is 31.5 Å². The lowest BCUT2D eigenvalue weighted by Gasteiger charge is -2.38. The highest BCUT2D eigenvalue weighted by molar-refractivity contribution is 5.41. The number of nitrogens with zero attached hydrogens (tertiary/aromatic N) is 3. The van der Waals surface area contributed by atoms with Crippen molar-refractivity contribution in [2.75, 3.05) is 37.6 Å². The van der Waals surface area contributed by atoms with E-state index in [1.54, 1.807) is 0 Å². The molecule has 0 saturated carbocycles. The summed E-state index contributed by atoms with van der Waals surface area (Å²) in [6.45, 7) is 9.28. The maximum atomic E-state index is 5.70. The Morgan fingerprint density at radius 2 is 2.06 bits per heavy atom. The second-order valence-corrected chi connectivity index (χ2v) is 4.80. The van der Waals surface area contributed by atoms with E-state index in [0.29, 0.717) is 6.04 Å². The molecule has 1 aliphatic heterocycles. The third-order valence-electron chi connectivity index (χ3n) is 3.50. The maximum absolute atomic E-state index is 5.70. The standard InChI is InChI=1S/C13H22N4/c1-11-3-4-15-13(9-11)17-7-5-16(6-8-17)12(2)10-14/h3-4,9,12H,5-8,10,14H2,1-2H3. The molecule has 4 heteroatoms. The predicted molar refractivity (Wildman–Crippen MR) is 71.3 cm³/mol. The van der Waals surface area contributed by atoms with E-state index in [1.807, 2.05) is 12.3 Å². The summed E-state index contributed by atoms with van der Waals surface area (Å²) in [7, 11) is 0. The summed E-state index contributed by atoms with van der Waals surface area (Å²) in [4.78, 5) is 9.24. The van der Waals surface area contributed by atoms with E-state index in [9.17, 15) is 0 Å². The van der Waals surface area contributed by atoms with Gasteiger partial charge in [0.25, 0.3) is 0 Å². The van der Waals surface area contributed by atoms with E-state index in [2.05, 4.69) is 34.7 Å². The minimum Gasteiger partial charge on any atom is -0.354 e. The smallest absolute Gasteiger partial charge is 0.128 e. The second-order valence-electron chi connectivity index (χ2n) is 4.80. The summed E-state index contributed by atoms with van der Waals surface area (Å²) in [5.41, 5.74) is 6.97. The molecule has 17 heavy (non-hydrogen) atoms. The molecule has 0 aliphatic carbocycles. The number of aryl methyl sites for hydroxylation is 1. The molecule has 1 aromatic heterocycles. The van der Waals surface area contributed by atoms with Crippen LogP contribution in [0.2, 0.25) is 0 Å². The van der Waals surface area contributed by atoms with Gasteiger partial charge in [0.2, 0.25) is 0 Å². The first-order chi connectivity index (χ1) is 8.20. The van der Waals surface area contributed by atoms with Gasteiger partial charge < -0.3 is 10.6 Å². The van der Waals surface area contributed by atoms with E-state index in [1.165, 1.54) is 5.56 Å². The van der Waals surface area contributed by atoms with Crippen molar-refractivity contribution in [3.8, 4) is 0 Å². The van der Waals surface area contributed by atoms with Gasteiger partial charge in [-0.3, -0.25) is 4.90 Å². The molecule has 94 valence electrons. The van der Waals surface area contributed by atoms with Gasteiger partial charge in [0, 0.05) is 45.0 Å².